The van der Waals surface area contributed by atoms with Crippen LogP contribution in [-0.2, 0) is 9.53 Å². The van der Waals surface area contributed by atoms with Crippen LogP contribution in [0, 0.1) is 0 Å². The van der Waals surface area contributed by atoms with E-state index >= 15 is 0 Å². The number of nitrogens with one attached hydrogen (secondary N) is 1. The van der Waals surface area contributed by atoms with Crippen molar-refractivity contribution in [1.29, 1.82) is 0 Å². The van der Waals surface area contributed by atoms with Crippen LogP contribution < -0.4 is 5.32 Å². The molecule has 0 aliphatic rings. The summed E-state index contributed by atoms with van der Waals surface area (Å²) in [5.74, 6) is -0.149. The molecule has 0 bridgehead atoms. The molecule has 0 heterocycles. The summed E-state index contributed by atoms with van der Waals surface area (Å²) in [6.45, 7) is 12.9. The molecular formula is C15H32N2O2. The number of hydrogen-bond acceptors (Lipinski definition) is 4. The first-order valence-electron chi connectivity index (χ1n) is 7.55. The monoisotopic (exact) mass is 272 g/mol. The molecule has 114 valence electrons. The number of ether oxygens (including phenoxy) is 1. The van der Waals surface area contributed by atoms with Gasteiger partial charge in [-0.05, 0) is 60.2 Å². The Morgan fingerprint density at radius 3 is 2.42 bits per heavy atom. The van der Waals surface area contributed by atoms with Gasteiger partial charge in [-0.1, -0.05) is 13.8 Å². The fraction of sp³-hybridized carbons (Fsp3) is 0.933. The molecule has 0 aliphatic heterocycles. The number of esters is 1. The minimum atomic E-state index is -0.565. The third kappa shape index (κ3) is 5.91. The predicted octanol–water partition coefficient (Wildman–Crippen LogP) is 2.43. The molecule has 4 heteroatoms. The smallest absolute Gasteiger partial charge is 0.326 e. The maximum Gasteiger partial charge on any atom is 0.326 e. The van der Waals surface area contributed by atoms with Crippen LogP contribution in [0.15, 0.2) is 0 Å². The second-order valence-corrected chi connectivity index (χ2v) is 5.29. The van der Waals surface area contributed by atoms with Crippen LogP contribution in [0.25, 0.3) is 0 Å². The average molecular weight is 272 g/mol. The van der Waals surface area contributed by atoms with E-state index in [0.29, 0.717) is 12.6 Å². The summed E-state index contributed by atoms with van der Waals surface area (Å²) in [5.41, 5.74) is -0.565. The van der Waals surface area contributed by atoms with Gasteiger partial charge < -0.3 is 15.0 Å². The lowest BCUT2D eigenvalue weighted by molar-refractivity contribution is -0.150. The zero-order valence-electron chi connectivity index (χ0n) is 13.6. The molecule has 0 radical (unpaired) electrons. The summed E-state index contributed by atoms with van der Waals surface area (Å²) in [6.07, 6.45) is 2.96. The minimum absolute atomic E-state index is 0.149. The Labute approximate surface area is 118 Å². The van der Waals surface area contributed by atoms with E-state index in [2.05, 4.69) is 31.0 Å². The first-order valence-corrected chi connectivity index (χ1v) is 7.55. The molecule has 1 N–H and O–H groups in total. The Morgan fingerprint density at radius 1 is 1.37 bits per heavy atom. The molecule has 0 aliphatic carbocycles. The number of carbonyl (C=O) groups excluding carboxylic acids is 1. The van der Waals surface area contributed by atoms with Crippen LogP contribution in [0.3, 0.4) is 0 Å². The highest BCUT2D eigenvalue weighted by Gasteiger charge is 2.32. The van der Waals surface area contributed by atoms with Gasteiger partial charge >= 0.3 is 5.97 Å². The van der Waals surface area contributed by atoms with Gasteiger partial charge in [0.05, 0.1) is 6.61 Å². The zero-order chi connectivity index (χ0) is 14.9. The lowest BCUT2D eigenvalue weighted by atomic mass is 9.95. The van der Waals surface area contributed by atoms with Gasteiger partial charge in [-0.15, -0.1) is 0 Å². The second kappa shape index (κ2) is 9.32. The van der Waals surface area contributed by atoms with Crippen LogP contribution in [-0.4, -0.2) is 49.2 Å². The van der Waals surface area contributed by atoms with Crippen molar-refractivity contribution in [2.24, 2.45) is 0 Å². The highest BCUT2D eigenvalue weighted by Crippen LogP contribution is 2.15. The summed E-state index contributed by atoms with van der Waals surface area (Å²) in [7, 11) is 1.82. The van der Waals surface area contributed by atoms with Crippen molar-refractivity contribution in [3.8, 4) is 0 Å². The maximum atomic E-state index is 11.9. The zero-order valence-corrected chi connectivity index (χ0v) is 13.6. The first-order chi connectivity index (χ1) is 8.95. The van der Waals surface area contributed by atoms with Crippen molar-refractivity contribution in [3.63, 3.8) is 0 Å². The van der Waals surface area contributed by atoms with Crippen LogP contribution in [0.2, 0.25) is 0 Å². The highest BCUT2D eigenvalue weighted by atomic mass is 16.5. The largest absolute Gasteiger partial charge is 0.465 e. The van der Waals surface area contributed by atoms with E-state index in [1.807, 2.05) is 20.9 Å². The fourth-order valence-corrected chi connectivity index (χ4v) is 2.20. The molecule has 19 heavy (non-hydrogen) atoms. The highest BCUT2D eigenvalue weighted by molar-refractivity contribution is 5.80. The number of nitrogens with zero attached hydrogens (tertiary/aromatic N) is 1. The van der Waals surface area contributed by atoms with E-state index in [0.717, 1.165) is 32.4 Å². The SMILES string of the molecule is CCOC(=O)C(C)(CCCN(CC)C(C)CC)NC. The quantitative estimate of drug-likeness (QED) is 0.620. The molecule has 0 saturated heterocycles. The second-order valence-electron chi connectivity index (χ2n) is 5.29. The minimum Gasteiger partial charge on any atom is -0.465 e. The third-order valence-corrected chi connectivity index (χ3v) is 4.02. The molecular weight excluding hydrogens is 240 g/mol. The van der Waals surface area contributed by atoms with Gasteiger partial charge in [0.2, 0.25) is 0 Å². The van der Waals surface area contributed by atoms with Crippen molar-refractivity contribution in [1.82, 2.24) is 10.2 Å². The first kappa shape index (κ1) is 18.4. The van der Waals surface area contributed by atoms with Gasteiger partial charge in [0.15, 0.2) is 0 Å². The molecule has 2 unspecified atom stereocenters. The van der Waals surface area contributed by atoms with E-state index in [4.69, 9.17) is 4.74 Å². The Bertz CT molecular complexity index is 259. The molecule has 0 spiro atoms. The molecule has 0 amide bonds. The van der Waals surface area contributed by atoms with E-state index in [9.17, 15) is 4.79 Å². The lowest BCUT2D eigenvalue weighted by Crippen LogP contribution is -2.49. The van der Waals surface area contributed by atoms with Crippen LogP contribution in [0.5, 0.6) is 0 Å². The maximum absolute atomic E-state index is 11.9. The predicted molar refractivity (Wildman–Crippen MR) is 80.3 cm³/mol. The van der Waals surface area contributed by atoms with Crippen molar-refractivity contribution in [3.05, 3.63) is 0 Å². The standard InChI is InChI=1S/C15H32N2O2/c1-7-13(4)17(8-2)12-10-11-15(5,16-6)14(18)19-9-3/h13,16H,7-12H2,1-6H3. The molecule has 4 nitrogen and oxygen atoms in total. The van der Waals surface area contributed by atoms with Gasteiger partial charge in [0.1, 0.15) is 5.54 Å². The lowest BCUT2D eigenvalue weighted by Gasteiger charge is -2.30. The number of rotatable bonds is 10. The normalized spacial score (nSPS) is 16.2. The van der Waals surface area contributed by atoms with Gasteiger partial charge in [-0.3, -0.25) is 4.79 Å². The Balaban J connectivity index is 4.31. The van der Waals surface area contributed by atoms with Gasteiger partial charge in [0.25, 0.3) is 0 Å². The van der Waals surface area contributed by atoms with Crippen molar-refractivity contribution >= 4 is 5.97 Å². The fourth-order valence-electron chi connectivity index (χ4n) is 2.20. The summed E-state index contributed by atoms with van der Waals surface area (Å²) in [4.78, 5) is 14.4. The molecule has 0 saturated carbocycles. The number of likely N-dealkylation sites (N-methyl/N-ethyl adjacent to an activating group) is 1. The third-order valence-electron chi connectivity index (χ3n) is 4.02. The van der Waals surface area contributed by atoms with Gasteiger partial charge in [-0.2, -0.15) is 0 Å². The van der Waals surface area contributed by atoms with Crippen molar-refractivity contribution in [2.45, 2.75) is 65.5 Å². The summed E-state index contributed by atoms with van der Waals surface area (Å²) in [6, 6.07) is 0.605. The van der Waals surface area contributed by atoms with Crippen LogP contribution in [0.1, 0.15) is 53.9 Å². The van der Waals surface area contributed by atoms with E-state index in [1.54, 1.807) is 0 Å². The van der Waals surface area contributed by atoms with Crippen molar-refractivity contribution in [2.75, 3.05) is 26.7 Å². The number of hydrogen-bond donors (Lipinski definition) is 1. The van der Waals surface area contributed by atoms with Crippen LogP contribution in [0.4, 0.5) is 0 Å². The Kier molecular flexibility index (Phi) is 9.02. The summed E-state index contributed by atoms with van der Waals surface area (Å²) >= 11 is 0. The molecule has 0 rings (SSSR count). The Morgan fingerprint density at radius 2 is 2.00 bits per heavy atom. The summed E-state index contributed by atoms with van der Waals surface area (Å²) < 4.78 is 5.14. The van der Waals surface area contributed by atoms with Crippen molar-refractivity contribution < 1.29 is 9.53 Å². The summed E-state index contributed by atoms with van der Waals surface area (Å²) in [5, 5.41) is 3.10. The van der Waals surface area contributed by atoms with Gasteiger partial charge in [-0.25, -0.2) is 0 Å². The van der Waals surface area contributed by atoms with E-state index in [1.165, 1.54) is 0 Å². The Hall–Kier alpha value is -0.610. The van der Waals surface area contributed by atoms with E-state index in [-0.39, 0.29) is 5.97 Å². The van der Waals surface area contributed by atoms with E-state index < -0.39 is 5.54 Å². The molecule has 0 aromatic rings. The molecule has 2 atom stereocenters. The molecule has 0 fully saturated rings. The number of carbonyl (C=O) groups is 1. The topological polar surface area (TPSA) is 41.6 Å². The molecule has 0 aromatic carbocycles. The molecule has 0 aromatic heterocycles. The van der Waals surface area contributed by atoms with Gasteiger partial charge in [0, 0.05) is 6.04 Å². The van der Waals surface area contributed by atoms with Crippen LogP contribution >= 0.6 is 0 Å². The average Bonchev–Trinajstić information content (AvgIpc) is 2.42.